The third-order valence-electron chi connectivity index (χ3n) is 4.22. The molecule has 0 saturated heterocycles. The van der Waals surface area contributed by atoms with Gasteiger partial charge >= 0.3 is 5.97 Å². The fraction of sp³-hybridized carbons (Fsp3) is 0.0909. The average Bonchev–Trinajstić information content (AvgIpc) is 2.73. The van der Waals surface area contributed by atoms with Crippen molar-refractivity contribution in [3.8, 4) is 11.1 Å². The van der Waals surface area contributed by atoms with Crippen LogP contribution < -0.4 is 17.2 Å². The molecule has 3 aromatic rings. The number of rotatable bonds is 5. The van der Waals surface area contributed by atoms with Gasteiger partial charge in [-0.15, -0.1) is 0 Å². The number of aliphatic imine (C=N–C) groups is 1. The van der Waals surface area contributed by atoms with E-state index < -0.39 is 15.8 Å². The van der Waals surface area contributed by atoms with E-state index in [2.05, 4.69) is 4.99 Å². The Balaban J connectivity index is 0.000000696. The summed E-state index contributed by atoms with van der Waals surface area (Å²) in [6.07, 6.45) is 0.222. The van der Waals surface area contributed by atoms with Crippen LogP contribution in [0.25, 0.3) is 11.1 Å². The van der Waals surface area contributed by atoms with Crippen molar-refractivity contribution < 1.29 is 18.3 Å². The maximum Gasteiger partial charge on any atom is 0.303 e. The van der Waals surface area contributed by atoms with Crippen molar-refractivity contribution in [2.24, 2.45) is 16.5 Å². The van der Waals surface area contributed by atoms with Gasteiger partial charge in [-0.05, 0) is 36.4 Å². The minimum absolute atomic E-state index is 0.0157. The van der Waals surface area contributed by atoms with Gasteiger partial charge in [-0.1, -0.05) is 54.4 Å². The topological polar surface area (TPSA) is 162 Å². The number of benzene rings is 3. The van der Waals surface area contributed by atoms with Crippen LogP contribution >= 0.6 is 23.2 Å². The van der Waals surface area contributed by atoms with Crippen LogP contribution in [0.5, 0.6) is 0 Å². The number of halogens is 2. The van der Waals surface area contributed by atoms with Crippen LogP contribution in [0.15, 0.2) is 75.4 Å². The van der Waals surface area contributed by atoms with Gasteiger partial charge in [0.1, 0.15) is 0 Å². The number of sulfone groups is 1. The molecule has 0 aromatic heterocycles. The SMILES string of the molecule is CCC(=O)O.NC(N)=Nc1cccc(S(=O)(=O)c2c(Cl)cc(Cl)cc2-c2ccccc2N)c1. The van der Waals surface area contributed by atoms with Gasteiger partial charge in [0.25, 0.3) is 0 Å². The molecule has 0 unspecified atom stereocenters. The molecule has 0 aliphatic heterocycles. The van der Waals surface area contributed by atoms with Crippen molar-refractivity contribution in [3.05, 3.63) is 70.7 Å². The van der Waals surface area contributed by atoms with Gasteiger partial charge in [0.15, 0.2) is 5.96 Å². The average molecular weight is 509 g/mol. The Morgan fingerprint density at radius 1 is 1.00 bits per heavy atom. The summed E-state index contributed by atoms with van der Waals surface area (Å²) in [5.41, 5.74) is 18.3. The number of hydrogen-bond donors (Lipinski definition) is 4. The normalized spacial score (nSPS) is 10.6. The number of para-hydroxylation sites is 1. The molecule has 0 aliphatic carbocycles. The standard InChI is InChI=1S/C19H16Cl2N4O2S.C3H6O2/c20-11-8-15(14-6-1-2-7-17(14)22)18(16(21)9-11)28(26,27)13-5-3-4-12(10-13)25-19(23)24;1-2-3(4)5/h1-10H,22H2,(H4,23,24,25);2H2,1H3,(H,4,5). The van der Waals surface area contributed by atoms with Crippen LogP contribution in [0.3, 0.4) is 0 Å². The van der Waals surface area contributed by atoms with E-state index >= 15 is 0 Å². The van der Waals surface area contributed by atoms with Crippen molar-refractivity contribution in [1.82, 2.24) is 0 Å². The Hall–Kier alpha value is -3.27. The van der Waals surface area contributed by atoms with Crippen molar-refractivity contribution in [2.45, 2.75) is 23.1 Å². The molecule has 0 fully saturated rings. The highest BCUT2D eigenvalue weighted by Gasteiger charge is 2.27. The molecule has 0 saturated carbocycles. The Kier molecular flexibility index (Phi) is 8.69. The fourth-order valence-corrected chi connectivity index (χ4v) is 5.10. The number of hydrogen-bond acceptors (Lipinski definition) is 5. The van der Waals surface area contributed by atoms with Crippen LogP contribution in [0.2, 0.25) is 10.0 Å². The molecule has 0 heterocycles. The van der Waals surface area contributed by atoms with Crippen molar-refractivity contribution in [2.75, 3.05) is 5.73 Å². The summed E-state index contributed by atoms with van der Waals surface area (Å²) in [4.78, 5) is 13.1. The van der Waals surface area contributed by atoms with Crippen LogP contribution in [0, 0.1) is 0 Å². The van der Waals surface area contributed by atoms with Gasteiger partial charge in [-0.3, -0.25) is 4.79 Å². The zero-order valence-electron chi connectivity index (χ0n) is 17.5. The number of carboxylic acids is 1. The predicted molar refractivity (Wildman–Crippen MR) is 132 cm³/mol. The number of nitrogens with zero attached hydrogens (tertiary/aromatic N) is 1. The minimum atomic E-state index is -4.04. The smallest absolute Gasteiger partial charge is 0.303 e. The number of guanidine groups is 1. The van der Waals surface area contributed by atoms with Gasteiger partial charge in [-0.2, -0.15) is 0 Å². The van der Waals surface area contributed by atoms with Gasteiger partial charge < -0.3 is 22.3 Å². The minimum Gasteiger partial charge on any atom is -0.481 e. The summed E-state index contributed by atoms with van der Waals surface area (Å²) in [5.74, 6) is -0.929. The Labute approximate surface area is 201 Å². The first-order valence-corrected chi connectivity index (χ1v) is 11.7. The van der Waals surface area contributed by atoms with Crippen LogP contribution in [0.1, 0.15) is 13.3 Å². The molecule has 0 amide bonds. The first kappa shape index (κ1) is 26.0. The van der Waals surface area contributed by atoms with Gasteiger partial charge in [0, 0.05) is 28.3 Å². The van der Waals surface area contributed by atoms with E-state index in [4.69, 9.17) is 45.5 Å². The number of anilines is 1. The van der Waals surface area contributed by atoms with Gasteiger partial charge in [-0.25, -0.2) is 13.4 Å². The summed E-state index contributed by atoms with van der Waals surface area (Å²) in [5, 5.41) is 7.99. The second kappa shape index (κ2) is 11.0. The molecular formula is C22H22Cl2N4O4S. The summed E-state index contributed by atoms with van der Waals surface area (Å²) in [6, 6.07) is 15.7. The lowest BCUT2D eigenvalue weighted by Crippen LogP contribution is -2.21. The van der Waals surface area contributed by atoms with Crippen LogP contribution in [-0.4, -0.2) is 25.5 Å². The predicted octanol–water partition coefficient (Wildman–Crippen LogP) is 4.46. The second-order valence-corrected chi connectivity index (χ2v) is 9.37. The first-order chi connectivity index (χ1) is 15.5. The molecule has 3 aromatic carbocycles. The lowest BCUT2D eigenvalue weighted by Gasteiger charge is -2.15. The molecule has 0 radical (unpaired) electrons. The highest BCUT2D eigenvalue weighted by molar-refractivity contribution is 7.91. The largest absolute Gasteiger partial charge is 0.481 e. The first-order valence-electron chi connectivity index (χ1n) is 9.47. The zero-order chi connectivity index (χ0) is 24.8. The van der Waals surface area contributed by atoms with E-state index in [1.165, 1.54) is 30.3 Å². The second-order valence-electron chi connectivity index (χ2n) is 6.64. The molecular weight excluding hydrogens is 487 g/mol. The quantitative estimate of drug-likeness (QED) is 0.224. The van der Waals surface area contributed by atoms with Gasteiger partial charge in [0.2, 0.25) is 9.84 Å². The Bertz CT molecular complexity index is 1310. The van der Waals surface area contributed by atoms with Crippen molar-refractivity contribution in [1.29, 1.82) is 0 Å². The molecule has 0 aliphatic rings. The maximum atomic E-state index is 13.4. The monoisotopic (exact) mass is 508 g/mol. The summed E-state index contributed by atoms with van der Waals surface area (Å²) in [6.45, 7) is 1.60. The molecule has 3 rings (SSSR count). The molecule has 0 bridgehead atoms. The molecule has 0 spiro atoms. The highest BCUT2D eigenvalue weighted by atomic mass is 35.5. The molecule has 33 heavy (non-hydrogen) atoms. The zero-order valence-corrected chi connectivity index (χ0v) is 19.8. The molecule has 0 atom stereocenters. The van der Waals surface area contributed by atoms with E-state index in [9.17, 15) is 13.2 Å². The van der Waals surface area contributed by atoms with E-state index in [0.717, 1.165) is 0 Å². The molecule has 7 N–H and O–H groups in total. The van der Waals surface area contributed by atoms with Gasteiger partial charge in [0.05, 0.1) is 20.5 Å². The third-order valence-corrected chi connectivity index (χ3v) is 6.70. The van der Waals surface area contributed by atoms with Crippen molar-refractivity contribution >= 4 is 56.3 Å². The van der Waals surface area contributed by atoms with Crippen molar-refractivity contribution in [3.63, 3.8) is 0 Å². The highest BCUT2D eigenvalue weighted by Crippen LogP contribution is 2.41. The number of nitrogens with two attached hydrogens (primary N) is 3. The number of aliphatic carboxylic acids is 1. The fourth-order valence-electron chi connectivity index (χ4n) is 2.76. The number of carboxylic acid groups (broad SMARTS) is 1. The summed E-state index contributed by atoms with van der Waals surface area (Å²) >= 11 is 12.5. The molecule has 174 valence electrons. The summed E-state index contributed by atoms with van der Waals surface area (Å²) in [7, 11) is -4.04. The third kappa shape index (κ3) is 6.61. The van der Waals surface area contributed by atoms with E-state index in [0.29, 0.717) is 22.5 Å². The number of nitrogen functional groups attached to an aromatic ring is 1. The van der Waals surface area contributed by atoms with Crippen LogP contribution in [-0.2, 0) is 14.6 Å². The molecule has 8 nitrogen and oxygen atoms in total. The summed E-state index contributed by atoms with van der Waals surface area (Å²) < 4.78 is 26.9. The Morgan fingerprint density at radius 3 is 2.21 bits per heavy atom. The van der Waals surface area contributed by atoms with Crippen LogP contribution in [0.4, 0.5) is 11.4 Å². The lowest BCUT2D eigenvalue weighted by atomic mass is 10.0. The maximum absolute atomic E-state index is 13.4. The van der Waals surface area contributed by atoms with E-state index in [1.54, 1.807) is 37.3 Å². The van der Waals surface area contributed by atoms with E-state index in [1.807, 2.05) is 0 Å². The lowest BCUT2D eigenvalue weighted by molar-refractivity contribution is -0.136. The molecule has 11 heteroatoms. The Morgan fingerprint density at radius 2 is 1.64 bits per heavy atom. The number of carbonyl (C=O) groups is 1. The van der Waals surface area contributed by atoms with E-state index in [-0.39, 0.29) is 32.2 Å².